The highest BCUT2D eigenvalue weighted by Gasteiger charge is 2.31. The second kappa shape index (κ2) is 9.41. The van der Waals surface area contributed by atoms with E-state index in [0.717, 1.165) is 43.6 Å². The number of carbonyl (C=O) groups excluding carboxylic acids is 1. The highest BCUT2D eigenvalue weighted by molar-refractivity contribution is 8.00. The summed E-state index contributed by atoms with van der Waals surface area (Å²) in [6.45, 7) is 2.76. The summed E-state index contributed by atoms with van der Waals surface area (Å²) in [5.74, 6) is 0.575. The molecular formula is C28H27N3OS. The molecule has 1 amide bonds. The third-order valence-corrected chi connectivity index (χ3v) is 8.15. The van der Waals surface area contributed by atoms with Crippen LogP contribution in [0.5, 0.6) is 0 Å². The van der Waals surface area contributed by atoms with Crippen LogP contribution < -0.4 is 4.90 Å². The zero-order chi connectivity index (χ0) is 22.8. The number of rotatable bonds is 5. The summed E-state index contributed by atoms with van der Waals surface area (Å²) in [7, 11) is 0. The molecule has 5 rings (SSSR count). The molecule has 2 aromatic carbocycles. The van der Waals surface area contributed by atoms with Crippen LogP contribution in [0.25, 0.3) is 0 Å². The SMILES string of the molecule is CCC(Sc1nc2c(cc1C#N)CC(c1ccccc1)CC2)C(=O)N1CCc2ccccc21. The zero-order valence-electron chi connectivity index (χ0n) is 18.8. The topological polar surface area (TPSA) is 57.0 Å². The van der Waals surface area contributed by atoms with Crippen LogP contribution in [-0.2, 0) is 24.1 Å². The molecule has 2 atom stereocenters. The molecule has 1 aromatic heterocycles. The summed E-state index contributed by atoms with van der Waals surface area (Å²) in [4.78, 5) is 20.3. The van der Waals surface area contributed by atoms with E-state index in [0.29, 0.717) is 22.9 Å². The quantitative estimate of drug-likeness (QED) is 0.466. The van der Waals surface area contributed by atoms with Crippen LogP contribution in [0.15, 0.2) is 65.7 Å². The van der Waals surface area contributed by atoms with Crippen molar-refractivity contribution < 1.29 is 4.79 Å². The van der Waals surface area contributed by atoms with Gasteiger partial charge in [-0.2, -0.15) is 5.26 Å². The molecule has 3 aromatic rings. The number of nitrogens with zero attached hydrogens (tertiary/aromatic N) is 3. The van der Waals surface area contributed by atoms with Crippen molar-refractivity contribution in [3.8, 4) is 6.07 Å². The third-order valence-electron chi connectivity index (χ3n) is 6.80. The highest BCUT2D eigenvalue weighted by Crippen LogP contribution is 2.37. The van der Waals surface area contributed by atoms with Crippen LogP contribution in [0.4, 0.5) is 5.69 Å². The molecule has 0 spiro atoms. The second-order valence-electron chi connectivity index (χ2n) is 8.79. The Kier molecular flexibility index (Phi) is 6.20. The zero-order valence-corrected chi connectivity index (χ0v) is 19.6. The molecule has 0 saturated heterocycles. The number of para-hydroxylation sites is 1. The van der Waals surface area contributed by atoms with Gasteiger partial charge in [-0.25, -0.2) is 4.98 Å². The average molecular weight is 454 g/mol. The van der Waals surface area contributed by atoms with Crippen molar-refractivity contribution in [3.63, 3.8) is 0 Å². The third kappa shape index (κ3) is 4.28. The van der Waals surface area contributed by atoms with Gasteiger partial charge in [-0.3, -0.25) is 4.79 Å². The monoisotopic (exact) mass is 453 g/mol. The van der Waals surface area contributed by atoms with Gasteiger partial charge in [0.05, 0.1) is 10.8 Å². The van der Waals surface area contributed by atoms with Crippen LogP contribution >= 0.6 is 11.8 Å². The van der Waals surface area contributed by atoms with Gasteiger partial charge in [-0.05, 0) is 66.8 Å². The molecule has 2 unspecified atom stereocenters. The van der Waals surface area contributed by atoms with Crippen LogP contribution in [0, 0.1) is 11.3 Å². The smallest absolute Gasteiger partial charge is 0.240 e. The molecule has 0 fully saturated rings. The van der Waals surface area contributed by atoms with Gasteiger partial charge in [0.2, 0.25) is 5.91 Å². The Balaban J connectivity index is 1.37. The molecule has 4 nitrogen and oxygen atoms in total. The number of hydrogen-bond acceptors (Lipinski definition) is 4. The predicted molar refractivity (Wildman–Crippen MR) is 133 cm³/mol. The molecule has 33 heavy (non-hydrogen) atoms. The number of thioether (sulfide) groups is 1. The van der Waals surface area contributed by atoms with E-state index in [2.05, 4.69) is 36.4 Å². The summed E-state index contributed by atoms with van der Waals surface area (Å²) in [6, 6.07) is 23.1. The number of carbonyl (C=O) groups is 1. The van der Waals surface area contributed by atoms with E-state index in [1.54, 1.807) is 0 Å². The van der Waals surface area contributed by atoms with E-state index in [1.807, 2.05) is 42.2 Å². The maximum Gasteiger partial charge on any atom is 0.240 e. The molecule has 0 N–H and O–H groups in total. The summed E-state index contributed by atoms with van der Waals surface area (Å²) in [6.07, 6.45) is 4.46. The number of nitriles is 1. The Hall–Kier alpha value is -3.10. The number of pyridine rings is 1. The van der Waals surface area contributed by atoms with Gasteiger partial charge in [0, 0.05) is 17.9 Å². The standard InChI is InChI=1S/C28H27N3OS/c1-2-26(28(32)31-15-14-20-10-6-7-11-25(20)31)33-27-23(18-29)17-22-16-21(12-13-24(22)30-27)19-8-4-3-5-9-19/h3-11,17,21,26H,2,12-16H2,1H3. The van der Waals surface area contributed by atoms with Gasteiger partial charge < -0.3 is 4.90 Å². The number of anilines is 1. The fourth-order valence-corrected chi connectivity index (χ4v) is 6.07. The Bertz CT molecular complexity index is 1220. The Morgan fingerprint density at radius 3 is 2.73 bits per heavy atom. The molecule has 1 aliphatic carbocycles. The van der Waals surface area contributed by atoms with Crippen molar-refractivity contribution in [3.05, 3.63) is 88.6 Å². The van der Waals surface area contributed by atoms with Crippen molar-refractivity contribution in [2.24, 2.45) is 0 Å². The van der Waals surface area contributed by atoms with Crippen LogP contribution in [0.2, 0.25) is 0 Å². The fraction of sp³-hybridized carbons (Fsp3) is 0.321. The minimum atomic E-state index is -0.255. The lowest BCUT2D eigenvalue weighted by atomic mass is 9.82. The van der Waals surface area contributed by atoms with E-state index in [1.165, 1.54) is 28.5 Å². The van der Waals surface area contributed by atoms with E-state index in [9.17, 15) is 10.1 Å². The Morgan fingerprint density at radius 1 is 1.15 bits per heavy atom. The van der Waals surface area contributed by atoms with Gasteiger partial charge >= 0.3 is 0 Å². The first-order valence-electron chi connectivity index (χ1n) is 11.7. The van der Waals surface area contributed by atoms with Gasteiger partial charge in [0.1, 0.15) is 11.1 Å². The number of aryl methyl sites for hydroxylation is 1. The first kappa shape index (κ1) is 21.7. The number of hydrogen-bond donors (Lipinski definition) is 0. The van der Waals surface area contributed by atoms with E-state index in [4.69, 9.17) is 4.98 Å². The predicted octanol–water partition coefficient (Wildman–Crippen LogP) is 5.69. The molecule has 2 heterocycles. The van der Waals surface area contributed by atoms with Gasteiger partial charge in [0.15, 0.2) is 0 Å². The summed E-state index contributed by atoms with van der Waals surface area (Å²) >= 11 is 1.45. The largest absolute Gasteiger partial charge is 0.311 e. The Morgan fingerprint density at radius 2 is 1.94 bits per heavy atom. The maximum absolute atomic E-state index is 13.4. The van der Waals surface area contributed by atoms with Crippen molar-refractivity contribution in [2.75, 3.05) is 11.4 Å². The van der Waals surface area contributed by atoms with E-state index in [-0.39, 0.29) is 11.2 Å². The molecule has 0 saturated carbocycles. The van der Waals surface area contributed by atoms with E-state index < -0.39 is 0 Å². The minimum absolute atomic E-state index is 0.111. The first-order chi connectivity index (χ1) is 16.2. The number of amides is 1. The molecule has 0 radical (unpaired) electrons. The number of aromatic nitrogens is 1. The van der Waals surface area contributed by atoms with Gasteiger partial charge in [0.25, 0.3) is 0 Å². The minimum Gasteiger partial charge on any atom is -0.311 e. The van der Waals surface area contributed by atoms with Crippen molar-refractivity contribution >= 4 is 23.4 Å². The lowest BCUT2D eigenvalue weighted by molar-refractivity contribution is -0.118. The average Bonchev–Trinajstić information content (AvgIpc) is 3.30. The van der Waals surface area contributed by atoms with Crippen LogP contribution in [0.3, 0.4) is 0 Å². The van der Waals surface area contributed by atoms with Gasteiger partial charge in [-0.1, -0.05) is 67.2 Å². The maximum atomic E-state index is 13.4. The lowest BCUT2D eigenvalue weighted by Crippen LogP contribution is -2.36. The summed E-state index contributed by atoms with van der Waals surface area (Å²) < 4.78 is 0. The van der Waals surface area contributed by atoms with Crippen LogP contribution in [-0.4, -0.2) is 22.7 Å². The van der Waals surface area contributed by atoms with Crippen molar-refractivity contribution in [1.29, 1.82) is 5.26 Å². The second-order valence-corrected chi connectivity index (χ2v) is 9.98. The molecular weight excluding hydrogens is 426 g/mol. The molecule has 2 aliphatic rings. The normalized spacial score (nSPS) is 17.7. The molecule has 5 heteroatoms. The van der Waals surface area contributed by atoms with Gasteiger partial charge in [-0.15, -0.1) is 0 Å². The Labute approximate surface area is 199 Å². The lowest BCUT2D eigenvalue weighted by Gasteiger charge is -2.26. The first-order valence-corrected chi connectivity index (χ1v) is 12.6. The van der Waals surface area contributed by atoms with Crippen LogP contribution in [0.1, 0.15) is 53.6 Å². The van der Waals surface area contributed by atoms with E-state index >= 15 is 0 Å². The highest BCUT2D eigenvalue weighted by atomic mass is 32.2. The number of fused-ring (bicyclic) bond motifs is 2. The molecule has 0 bridgehead atoms. The van der Waals surface area contributed by atoms with Crippen molar-refractivity contribution in [2.45, 2.75) is 55.2 Å². The summed E-state index contributed by atoms with van der Waals surface area (Å²) in [5, 5.41) is 10.3. The molecule has 1 aliphatic heterocycles. The molecule has 166 valence electrons. The number of benzene rings is 2. The van der Waals surface area contributed by atoms with Crippen molar-refractivity contribution in [1.82, 2.24) is 4.98 Å². The summed E-state index contributed by atoms with van der Waals surface area (Å²) in [5.41, 5.74) is 6.43. The fourth-order valence-electron chi connectivity index (χ4n) is 5.01.